The van der Waals surface area contributed by atoms with Crippen molar-refractivity contribution >= 4 is 11.9 Å². The summed E-state index contributed by atoms with van der Waals surface area (Å²) in [5.74, 6) is -3.39. The predicted molar refractivity (Wildman–Crippen MR) is 105 cm³/mol. The summed E-state index contributed by atoms with van der Waals surface area (Å²) in [6, 6.07) is 0.752. The fraction of sp³-hybridized carbons (Fsp3) is 0.300. The van der Waals surface area contributed by atoms with E-state index in [9.17, 15) is 26.7 Å². The number of ether oxygens (including phenoxy) is 1. The molecule has 0 aromatic heterocycles. The van der Waals surface area contributed by atoms with Gasteiger partial charge in [-0.25, -0.2) is 13.8 Å². The van der Waals surface area contributed by atoms with Gasteiger partial charge in [-0.2, -0.15) is 18.3 Å². The number of amides is 1. The highest BCUT2D eigenvalue weighted by atomic mass is 19.4. The van der Waals surface area contributed by atoms with Gasteiger partial charge in [0.2, 0.25) is 5.96 Å². The summed E-state index contributed by atoms with van der Waals surface area (Å²) in [5.41, 5.74) is -0.942. The minimum atomic E-state index is -4.60. The van der Waals surface area contributed by atoms with Crippen LogP contribution < -0.4 is 10.6 Å². The molecule has 1 aliphatic heterocycles. The van der Waals surface area contributed by atoms with Gasteiger partial charge in [-0.05, 0) is 25.1 Å². The number of carbonyl (C=O) groups is 1. The van der Waals surface area contributed by atoms with Crippen molar-refractivity contribution in [3.63, 3.8) is 0 Å². The molecule has 32 heavy (non-hydrogen) atoms. The van der Waals surface area contributed by atoms with Crippen molar-refractivity contribution in [1.29, 1.82) is 0 Å². The van der Waals surface area contributed by atoms with Crippen LogP contribution in [0.3, 0.4) is 0 Å². The maximum absolute atomic E-state index is 13.5. The second kappa shape index (κ2) is 9.39. The number of hydrogen-bond donors (Lipinski definition) is 2. The van der Waals surface area contributed by atoms with Crippen LogP contribution in [-0.2, 0) is 4.74 Å². The molecule has 1 aromatic carbocycles. The Kier molecular flexibility index (Phi) is 6.82. The highest BCUT2D eigenvalue weighted by molar-refractivity contribution is 6.06. The van der Waals surface area contributed by atoms with Crippen LogP contribution >= 0.6 is 0 Å². The Bertz CT molecular complexity index is 1060. The van der Waals surface area contributed by atoms with Crippen LogP contribution in [0.1, 0.15) is 17.3 Å². The molecule has 0 saturated heterocycles. The minimum absolute atomic E-state index is 0.0462. The van der Waals surface area contributed by atoms with Gasteiger partial charge in [0.25, 0.3) is 5.91 Å². The van der Waals surface area contributed by atoms with Crippen molar-refractivity contribution in [2.24, 2.45) is 15.2 Å². The molecular weight excluding hydrogens is 437 g/mol. The molecule has 0 radical (unpaired) electrons. The largest absolute Gasteiger partial charge is 0.415 e. The zero-order chi connectivity index (χ0) is 23.5. The quantitative estimate of drug-likeness (QED) is 0.403. The van der Waals surface area contributed by atoms with E-state index in [0.29, 0.717) is 6.07 Å². The maximum Gasteiger partial charge on any atom is 0.415 e. The Balaban J connectivity index is 1.87. The molecule has 3 rings (SSSR count). The molecule has 7 nitrogen and oxygen atoms in total. The summed E-state index contributed by atoms with van der Waals surface area (Å²) >= 11 is 0. The number of rotatable bonds is 5. The molecule has 1 aliphatic carbocycles. The Morgan fingerprint density at radius 3 is 2.69 bits per heavy atom. The maximum atomic E-state index is 13.5. The van der Waals surface area contributed by atoms with Crippen LogP contribution in [0, 0.1) is 11.6 Å². The smallest absolute Gasteiger partial charge is 0.382 e. The number of benzene rings is 1. The molecule has 2 atom stereocenters. The normalized spacial score (nSPS) is 19.0. The Labute approximate surface area is 179 Å². The molecule has 1 unspecified atom stereocenters. The van der Waals surface area contributed by atoms with E-state index in [1.807, 2.05) is 0 Å². The van der Waals surface area contributed by atoms with Gasteiger partial charge in [0.15, 0.2) is 17.5 Å². The highest BCUT2D eigenvalue weighted by Gasteiger charge is 2.43. The van der Waals surface area contributed by atoms with Gasteiger partial charge in [0.05, 0.1) is 18.2 Å². The van der Waals surface area contributed by atoms with Crippen LogP contribution in [0.15, 0.2) is 68.6 Å². The van der Waals surface area contributed by atoms with Crippen molar-refractivity contribution in [2.45, 2.75) is 25.2 Å². The van der Waals surface area contributed by atoms with Gasteiger partial charge >= 0.3 is 6.18 Å². The van der Waals surface area contributed by atoms with E-state index in [1.54, 1.807) is 6.92 Å². The molecule has 0 spiro atoms. The fourth-order valence-corrected chi connectivity index (χ4v) is 2.98. The molecule has 0 bridgehead atoms. The average Bonchev–Trinajstić information content (AvgIpc) is 3.12. The van der Waals surface area contributed by atoms with Crippen molar-refractivity contribution in [3.05, 3.63) is 70.6 Å². The van der Waals surface area contributed by atoms with E-state index >= 15 is 0 Å². The first-order valence-corrected chi connectivity index (χ1v) is 9.30. The van der Waals surface area contributed by atoms with Crippen LogP contribution in [0.4, 0.5) is 22.0 Å². The monoisotopic (exact) mass is 455 g/mol. The van der Waals surface area contributed by atoms with Gasteiger partial charge in [0.1, 0.15) is 6.04 Å². The lowest BCUT2D eigenvalue weighted by Gasteiger charge is -2.19. The summed E-state index contributed by atoms with van der Waals surface area (Å²) < 4.78 is 71.4. The fourth-order valence-electron chi connectivity index (χ4n) is 2.98. The third-order valence-electron chi connectivity index (χ3n) is 4.42. The third-order valence-corrected chi connectivity index (χ3v) is 4.42. The summed E-state index contributed by atoms with van der Waals surface area (Å²) in [4.78, 5) is 16.7. The summed E-state index contributed by atoms with van der Waals surface area (Å²) in [6.07, 6.45) is -1.05. The lowest BCUT2D eigenvalue weighted by molar-refractivity contribution is -0.0945. The number of aliphatic imine (C=N–C) groups is 1. The predicted octanol–water partition coefficient (Wildman–Crippen LogP) is 3.78. The van der Waals surface area contributed by atoms with E-state index < -0.39 is 41.4 Å². The van der Waals surface area contributed by atoms with Crippen molar-refractivity contribution in [3.8, 4) is 0 Å². The first-order valence-electron chi connectivity index (χ1n) is 9.30. The molecular formula is C20H18F5N5O2. The number of alkyl halides is 3. The molecule has 2 aliphatic rings. The van der Waals surface area contributed by atoms with E-state index in [4.69, 9.17) is 4.74 Å². The second-order valence-corrected chi connectivity index (χ2v) is 6.89. The van der Waals surface area contributed by atoms with Crippen molar-refractivity contribution in [2.75, 3.05) is 13.7 Å². The molecule has 0 fully saturated rings. The van der Waals surface area contributed by atoms with Crippen LogP contribution in [0.2, 0.25) is 0 Å². The van der Waals surface area contributed by atoms with E-state index in [1.165, 1.54) is 19.3 Å². The topological polar surface area (TPSA) is 87.4 Å². The van der Waals surface area contributed by atoms with E-state index in [2.05, 4.69) is 25.9 Å². The number of carbonyl (C=O) groups excluding carboxylic acids is 1. The summed E-state index contributed by atoms with van der Waals surface area (Å²) in [7, 11) is 1.44. The average molecular weight is 455 g/mol. The van der Waals surface area contributed by atoms with Gasteiger partial charge in [-0.15, -0.1) is 5.11 Å². The standard InChI is InChI=1S/C20H18F5N5O2/c1-10(9-32-2)26-19(28-18(31)11-6-7-14(21)15(22)8-11)27-17-12-4-3-5-13(20(23,24)25)16(12)29-30-17/h3-8,10,16H,9H2,1-2H3,(H2,26,27,28,31)/t10-,16?/m0/s1. The first kappa shape index (κ1) is 23.3. The Morgan fingerprint density at radius 2 is 2.03 bits per heavy atom. The molecule has 1 aromatic rings. The van der Waals surface area contributed by atoms with Gasteiger partial charge < -0.3 is 10.1 Å². The molecule has 170 valence electrons. The van der Waals surface area contributed by atoms with Crippen LogP contribution in [0.25, 0.3) is 0 Å². The zero-order valence-electron chi connectivity index (χ0n) is 16.9. The van der Waals surface area contributed by atoms with Crippen molar-refractivity contribution < 1.29 is 31.5 Å². The Morgan fingerprint density at radius 1 is 1.28 bits per heavy atom. The first-order chi connectivity index (χ1) is 15.1. The number of fused-ring (bicyclic) bond motifs is 1. The number of hydrogen-bond acceptors (Lipinski definition) is 5. The number of nitrogens with zero attached hydrogens (tertiary/aromatic N) is 3. The molecule has 12 heteroatoms. The SMILES string of the molecule is COC[C@H](C)N=C(NC(=O)c1ccc(F)c(F)c1)NC1=C2C=CC=C(C(F)(F)F)C2N=N1. The number of allylic oxidation sites excluding steroid dienone is 2. The number of methoxy groups -OCH3 is 1. The van der Waals surface area contributed by atoms with Crippen LogP contribution in [-0.4, -0.2) is 43.8 Å². The van der Waals surface area contributed by atoms with Crippen LogP contribution in [0.5, 0.6) is 0 Å². The summed E-state index contributed by atoms with van der Waals surface area (Å²) in [6.45, 7) is 1.83. The van der Waals surface area contributed by atoms with Gasteiger partial charge in [-0.1, -0.05) is 18.2 Å². The Hall–Kier alpha value is -3.41. The number of nitrogens with one attached hydrogen (secondary N) is 2. The van der Waals surface area contributed by atoms with E-state index in [-0.39, 0.29) is 29.5 Å². The number of azo groups is 1. The lowest BCUT2D eigenvalue weighted by atomic mass is 9.94. The third kappa shape index (κ3) is 5.25. The zero-order valence-corrected chi connectivity index (χ0v) is 16.9. The second-order valence-electron chi connectivity index (χ2n) is 6.89. The van der Waals surface area contributed by atoms with Gasteiger partial charge in [0, 0.05) is 18.2 Å². The van der Waals surface area contributed by atoms with Crippen molar-refractivity contribution in [1.82, 2.24) is 10.6 Å². The van der Waals surface area contributed by atoms with E-state index in [0.717, 1.165) is 18.2 Å². The molecule has 1 heterocycles. The lowest BCUT2D eigenvalue weighted by Crippen LogP contribution is -2.41. The number of halogens is 5. The highest BCUT2D eigenvalue weighted by Crippen LogP contribution is 2.38. The summed E-state index contributed by atoms with van der Waals surface area (Å²) in [5, 5.41) is 12.5. The van der Waals surface area contributed by atoms with Gasteiger partial charge in [-0.3, -0.25) is 10.1 Å². The molecule has 0 saturated carbocycles. The molecule has 1 amide bonds. The minimum Gasteiger partial charge on any atom is -0.382 e. The molecule has 2 N–H and O–H groups in total. The number of guanidine groups is 1.